The van der Waals surface area contributed by atoms with Gasteiger partial charge in [0.25, 0.3) is 11.1 Å². The second-order valence-corrected chi connectivity index (χ2v) is 8.02. The molecule has 0 atom stereocenters. The van der Waals surface area contributed by atoms with Crippen molar-refractivity contribution in [2.75, 3.05) is 19.9 Å². The number of hydrogen-bond donors (Lipinski definition) is 0. The van der Waals surface area contributed by atoms with Gasteiger partial charge in [-0.3, -0.25) is 4.79 Å². The first kappa shape index (κ1) is 21.6. The molecule has 1 heterocycles. The fourth-order valence-corrected chi connectivity index (χ4v) is 4.16. The quantitative estimate of drug-likeness (QED) is 0.352. The van der Waals surface area contributed by atoms with Gasteiger partial charge in [-0.05, 0) is 23.3 Å². The number of amides is 1. The number of carbonyl (C=O) groups excluding carboxylic acids is 1. The highest BCUT2D eigenvalue weighted by atomic mass is 32.2. The highest BCUT2D eigenvalue weighted by molar-refractivity contribution is 7.99. The standard InChI is InChI=1S/C25H23N3O3S/c1-28(23(18-11-5-3-6-12-18)19-13-7-4-8-14-19)22(29)17-32-25-27-26-24(31-25)20-15-9-10-16-21(20)30-2/h3-16,23H,17H2,1-2H3. The first-order valence-electron chi connectivity index (χ1n) is 10.1. The molecule has 0 aliphatic rings. The Labute approximate surface area is 191 Å². The van der Waals surface area contributed by atoms with E-state index in [1.807, 2.05) is 92.0 Å². The summed E-state index contributed by atoms with van der Waals surface area (Å²) in [5, 5.41) is 8.52. The van der Waals surface area contributed by atoms with Gasteiger partial charge < -0.3 is 14.1 Å². The molecule has 0 aliphatic carbocycles. The number of para-hydroxylation sites is 1. The molecule has 4 rings (SSSR count). The summed E-state index contributed by atoms with van der Waals surface area (Å²) in [7, 11) is 3.41. The number of methoxy groups -OCH3 is 1. The Balaban J connectivity index is 1.48. The van der Waals surface area contributed by atoms with Gasteiger partial charge in [-0.2, -0.15) is 0 Å². The van der Waals surface area contributed by atoms with Crippen molar-refractivity contribution < 1.29 is 13.9 Å². The number of rotatable bonds is 8. The lowest BCUT2D eigenvalue weighted by Crippen LogP contribution is -2.33. The maximum Gasteiger partial charge on any atom is 0.277 e. The van der Waals surface area contributed by atoms with Crippen molar-refractivity contribution in [1.29, 1.82) is 0 Å². The lowest BCUT2D eigenvalue weighted by Gasteiger charge is -2.29. The maximum atomic E-state index is 13.1. The van der Waals surface area contributed by atoms with E-state index >= 15 is 0 Å². The zero-order valence-electron chi connectivity index (χ0n) is 17.8. The van der Waals surface area contributed by atoms with Crippen molar-refractivity contribution in [3.05, 3.63) is 96.1 Å². The third kappa shape index (κ3) is 4.84. The molecular formula is C25H23N3O3S. The van der Waals surface area contributed by atoms with Gasteiger partial charge in [0.1, 0.15) is 5.75 Å². The van der Waals surface area contributed by atoms with E-state index in [4.69, 9.17) is 9.15 Å². The number of benzene rings is 3. The van der Waals surface area contributed by atoms with E-state index in [1.54, 1.807) is 12.0 Å². The van der Waals surface area contributed by atoms with Crippen molar-refractivity contribution in [2.45, 2.75) is 11.3 Å². The molecule has 0 radical (unpaired) electrons. The second-order valence-electron chi connectivity index (χ2n) is 7.09. The van der Waals surface area contributed by atoms with Crippen molar-refractivity contribution in [3.8, 4) is 17.2 Å². The third-order valence-corrected chi connectivity index (χ3v) is 5.88. The zero-order chi connectivity index (χ0) is 22.3. The van der Waals surface area contributed by atoms with Crippen LogP contribution in [0.2, 0.25) is 0 Å². The normalized spacial score (nSPS) is 10.8. The summed E-state index contributed by atoms with van der Waals surface area (Å²) >= 11 is 1.22. The predicted molar refractivity (Wildman–Crippen MR) is 125 cm³/mol. The molecule has 0 bridgehead atoms. The lowest BCUT2D eigenvalue weighted by molar-refractivity contribution is -0.128. The first-order valence-corrected chi connectivity index (χ1v) is 11.1. The Hall–Kier alpha value is -3.58. The number of hydrogen-bond acceptors (Lipinski definition) is 6. The highest BCUT2D eigenvalue weighted by Crippen LogP contribution is 2.31. The van der Waals surface area contributed by atoms with Gasteiger partial charge in [0.05, 0.1) is 24.5 Å². The minimum absolute atomic E-state index is 0.0373. The number of nitrogens with zero attached hydrogens (tertiary/aromatic N) is 3. The molecule has 0 spiro atoms. The van der Waals surface area contributed by atoms with E-state index < -0.39 is 0 Å². The fourth-order valence-electron chi connectivity index (χ4n) is 3.48. The summed E-state index contributed by atoms with van der Waals surface area (Å²) in [4.78, 5) is 14.8. The van der Waals surface area contributed by atoms with E-state index in [-0.39, 0.29) is 17.7 Å². The van der Waals surface area contributed by atoms with Gasteiger partial charge in [0.2, 0.25) is 5.91 Å². The molecule has 1 aromatic heterocycles. The predicted octanol–water partition coefficient (Wildman–Crippen LogP) is 5.09. The molecule has 0 saturated heterocycles. The van der Waals surface area contributed by atoms with Gasteiger partial charge in [-0.1, -0.05) is 84.6 Å². The number of carbonyl (C=O) groups is 1. The van der Waals surface area contributed by atoms with Crippen LogP contribution >= 0.6 is 11.8 Å². The van der Waals surface area contributed by atoms with Gasteiger partial charge in [-0.15, -0.1) is 10.2 Å². The van der Waals surface area contributed by atoms with Crippen LogP contribution in [-0.2, 0) is 4.79 Å². The van der Waals surface area contributed by atoms with Gasteiger partial charge in [-0.25, -0.2) is 0 Å². The van der Waals surface area contributed by atoms with E-state index in [9.17, 15) is 4.79 Å². The number of ether oxygens (including phenoxy) is 1. The van der Waals surface area contributed by atoms with Gasteiger partial charge in [0, 0.05) is 7.05 Å². The summed E-state index contributed by atoms with van der Waals surface area (Å²) < 4.78 is 11.1. The van der Waals surface area contributed by atoms with Crippen LogP contribution in [0.1, 0.15) is 17.2 Å². The molecular weight excluding hydrogens is 422 g/mol. The summed E-state index contributed by atoms with van der Waals surface area (Å²) in [5.74, 6) is 1.15. The van der Waals surface area contributed by atoms with E-state index in [1.165, 1.54) is 11.8 Å². The molecule has 162 valence electrons. The second kappa shape index (κ2) is 10.2. The Kier molecular flexibility index (Phi) is 6.87. The molecule has 0 aliphatic heterocycles. The maximum absolute atomic E-state index is 13.1. The third-order valence-electron chi connectivity index (χ3n) is 5.07. The van der Waals surface area contributed by atoms with E-state index in [2.05, 4.69) is 10.2 Å². The molecule has 0 fully saturated rings. The topological polar surface area (TPSA) is 68.5 Å². The smallest absolute Gasteiger partial charge is 0.277 e. The molecule has 1 amide bonds. The van der Waals surface area contributed by atoms with Gasteiger partial charge >= 0.3 is 0 Å². The van der Waals surface area contributed by atoms with Crippen LogP contribution < -0.4 is 4.74 Å². The van der Waals surface area contributed by atoms with Crippen LogP contribution in [0.3, 0.4) is 0 Å². The Morgan fingerprint density at radius 3 is 2.16 bits per heavy atom. The molecule has 6 nitrogen and oxygen atoms in total. The van der Waals surface area contributed by atoms with Crippen LogP contribution in [-0.4, -0.2) is 40.9 Å². The van der Waals surface area contributed by atoms with Gasteiger partial charge in [0.15, 0.2) is 0 Å². The molecule has 0 N–H and O–H groups in total. The van der Waals surface area contributed by atoms with E-state index in [0.29, 0.717) is 22.4 Å². The summed E-state index contributed by atoms with van der Waals surface area (Å²) in [6.45, 7) is 0. The summed E-state index contributed by atoms with van der Waals surface area (Å²) in [6.07, 6.45) is 0. The molecule has 4 aromatic rings. The van der Waals surface area contributed by atoms with Crippen LogP contribution in [0, 0.1) is 0 Å². The largest absolute Gasteiger partial charge is 0.496 e. The minimum Gasteiger partial charge on any atom is -0.496 e. The number of thioether (sulfide) groups is 1. The zero-order valence-corrected chi connectivity index (χ0v) is 18.7. The molecule has 3 aromatic carbocycles. The molecule has 0 unspecified atom stereocenters. The Morgan fingerprint density at radius 2 is 1.53 bits per heavy atom. The lowest BCUT2D eigenvalue weighted by atomic mass is 9.97. The van der Waals surface area contributed by atoms with Crippen LogP contribution in [0.4, 0.5) is 0 Å². The van der Waals surface area contributed by atoms with Crippen LogP contribution in [0.25, 0.3) is 11.5 Å². The van der Waals surface area contributed by atoms with Crippen LogP contribution in [0.5, 0.6) is 5.75 Å². The molecule has 32 heavy (non-hydrogen) atoms. The Morgan fingerprint density at radius 1 is 0.938 bits per heavy atom. The highest BCUT2D eigenvalue weighted by Gasteiger charge is 2.24. The summed E-state index contributed by atoms with van der Waals surface area (Å²) in [5.41, 5.74) is 2.82. The monoisotopic (exact) mass is 445 g/mol. The first-order chi connectivity index (χ1) is 15.7. The van der Waals surface area contributed by atoms with Crippen LogP contribution in [0.15, 0.2) is 94.6 Å². The fraction of sp³-hybridized carbons (Fsp3) is 0.160. The van der Waals surface area contributed by atoms with Crippen molar-refractivity contribution in [3.63, 3.8) is 0 Å². The Bertz CT molecular complexity index is 1130. The molecule has 0 saturated carbocycles. The average molecular weight is 446 g/mol. The van der Waals surface area contributed by atoms with Crippen molar-refractivity contribution in [1.82, 2.24) is 15.1 Å². The number of aromatic nitrogens is 2. The SMILES string of the molecule is COc1ccccc1-c1nnc(SCC(=O)N(C)C(c2ccccc2)c2ccccc2)o1. The molecule has 7 heteroatoms. The van der Waals surface area contributed by atoms with Crippen molar-refractivity contribution in [2.24, 2.45) is 0 Å². The average Bonchev–Trinajstić information content (AvgIpc) is 3.33. The summed E-state index contributed by atoms with van der Waals surface area (Å²) in [6, 6.07) is 27.3. The van der Waals surface area contributed by atoms with Crippen molar-refractivity contribution >= 4 is 17.7 Å². The minimum atomic E-state index is -0.183. The van der Waals surface area contributed by atoms with E-state index in [0.717, 1.165) is 11.1 Å².